The van der Waals surface area contributed by atoms with Crippen LogP contribution in [0.5, 0.6) is 0 Å². The molecular formula is C44H70O16. The Kier molecular flexibility index (Phi) is 12.0. The van der Waals surface area contributed by atoms with E-state index in [2.05, 4.69) is 33.8 Å². The van der Waals surface area contributed by atoms with Crippen molar-refractivity contribution in [2.75, 3.05) is 26.4 Å². The number of fused-ring (bicyclic) bond motifs is 7. The molecule has 5 heterocycles. The van der Waals surface area contributed by atoms with Gasteiger partial charge in [-0.15, -0.1) is 0 Å². The van der Waals surface area contributed by atoms with Gasteiger partial charge in [-0.25, -0.2) is 0 Å². The molecule has 0 amide bonds. The smallest absolute Gasteiger partial charge is 0.187 e. The molecule has 0 aromatic carbocycles. The fourth-order valence-electron chi connectivity index (χ4n) is 13.7. The minimum atomic E-state index is -2.03. The van der Waals surface area contributed by atoms with Gasteiger partial charge in [-0.1, -0.05) is 39.3 Å². The molecule has 0 unspecified atom stereocenters. The standard InChI is InChI=1S/C44H70O16/c1-20-8-13-44(54-17-20)21(2)30-28(60-44)15-27-25-7-6-23-14-24(9-11-41(23,4)26(25)10-12-42(27,30)5)56-39-36(59-38-34(50)33(49)31(47)22(3)55-38)35(32(48)29(16-45)57-39)58-40-37(51)43(52,18-46)19-53-40/h6,20-22,24-40,45-52H,7-19H2,1-5H3/t20-,21+,22+,24+,25-,26+,27+,28+,29-,30+,31+,32-,33-,34-,35+,36-,37+,38+,39-,40+,41+,42+,43-,44-/m1/s1. The minimum absolute atomic E-state index is 0.0243. The van der Waals surface area contributed by atoms with Gasteiger partial charge in [0.25, 0.3) is 0 Å². The van der Waals surface area contributed by atoms with E-state index in [4.69, 9.17) is 37.9 Å². The fraction of sp³-hybridized carbons (Fsp3) is 0.955. The van der Waals surface area contributed by atoms with Crippen LogP contribution in [0.15, 0.2) is 11.6 Å². The van der Waals surface area contributed by atoms with Crippen LogP contribution in [0.25, 0.3) is 0 Å². The SMILES string of the molecule is C[C@@H]1CC[C@@]2(OC1)O[C@H]1C[C@H]3[C@@H]4CC=C5C[C@@H](O[C@@H]6O[C@H](CO)[C@@H](O)[C@H](O[C@@H]7OC[C@](O)(CO)[C@H]7O)[C@H]6O[C@@H]6O[C@@H](C)[C@H](O)[C@@H](O)[C@H]6O)CC[C@]5(C)[C@H]4CC[C@]3(C)[C@H]1[C@@H]2C. The first-order chi connectivity index (χ1) is 28.5. The van der Waals surface area contributed by atoms with E-state index < -0.39 is 105 Å². The molecule has 8 fully saturated rings. The average Bonchev–Trinajstić information content (AvgIpc) is 3.80. The summed E-state index contributed by atoms with van der Waals surface area (Å²) in [7, 11) is 0. The molecule has 0 bridgehead atoms. The topological polar surface area (TPSA) is 236 Å². The number of ether oxygens (including phenoxy) is 8. The Bertz CT molecular complexity index is 1580. The van der Waals surface area contributed by atoms with E-state index in [1.165, 1.54) is 18.9 Å². The van der Waals surface area contributed by atoms with Crippen molar-refractivity contribution < 1.29 is 78.7 Å². The molecule has 0 aromatic rings. The van der Waals surface area contributed by atoms with Crippen molar-refractivity contribution in [3.8, 4) is 0 Å². The van der Waals surface area contributed by atoms with Gasteiger partial charge >= 0.3 is 0 Å². The third-order valence-electron chi connectivity index (χ3n) is 17.4. The van der Waals surface area contributed by atoms with Crippen LogP contribution in [-0.2, 0) is 37.9 Å². The maximum absolute atomic E-state index is 11.5. The lowest BCUT2D eigenvalue weighted by atomic mass is 9.47. The van der Waals surface area contributed by atoms with Gasteiger partial charge in [0.2, 0.25) is 0 Å². The molecular weight excluding hydrogens is 784 g/mol. The zero-order valence-corrected chi connectivity index (χ0v) is 35.7. The quantitative estimate of drug-likeness (QED) is 0.158. The molecule has 60 heavy (non-hydrogen) atoms. The van der Waals surface area contributed by atoms with Crippen LogP contribution in [0.2, 0.25) is 0 Å². The fourth-order valence-corrected chi connectivity index (χ4v) is 13.7. The second kappa shape index (κ2) is 16.2. The summed E-state index contributed by atoms with van der Waals surface area (Å²) in [6.07, 6.45) is -6.52. The van der Waals surface area contributed by atoms with Crippen molar-refractivity contribution in [3.05, 3.63) is 11.6 Å². The highest BCUT2D eigenvalue weighted by molar-refractivity contribution is 5.26. The average molecular weight is 855 g/mol. The van der Waals surface area contributed by atoms with Crippen LogP contribution in [0.3, 0.4) is 0 Å². The van der Waals surface area contributed by atoms with Crippen molar-refractivity contribution in [2.45, 2.75) is 190 Å². The zero-order valence-electron chi connectivity index (χ0n) is 35.7. The molecule has 9 aliphatic rings. The zero-order chi connectivity index (χ0) is 42.7. The van der Waals surface area contributed by atoms with Crippen molar-refractivity contribution in [1.82, 2.24) is 0 Å². The first kappa shape index (κ1) is 44.3. The highest BCUT2D eigenvalue weighted by atomic mass is 16.8. The monoisotopic (exact) mass is 854 g/mol. The summed E-state index contributed by atoms with van der Waals surface area (Å²) in [5.74, 6) is 2.62. The summed E-state index contributed by atoms with van der Waals surface area (Å²) < 4.78 is 50.1. The minimum Gasteiger partial charge on any atom is -0.394 e. The molecule has 3 saturated carbocycles. The van der Waals surface area contributed by atoms with E-state index in [0.717, 1.165) is 45.1 Å². The van der Waals surface area contributed by atoms with Crippen molar-refractivity contribution in [1.29, 1.82) is 0 Å². The molecule has 0 aromatic heterocycles. The number of rotatable bonds is 8. The first-order valence-corrected chi connectivity index (χ1v) is 22.7. The Morgan fingerprint density at radius 1 is 0.800 bits per heavy atom. The van der Waals surface area contributed by atoms with E-state index in [-0.39, 0.29) is 23.0 Å². The van der Waals surface area contributed by atoms with Gasteiger partial charge in [0, 0.05) is 12.3 Å². The number of aliphatic hydroxyl groups excluding tert-OH is 7. The van der Waals surface area contributed by atoms with Crippen LogP contribution in [0.1, 0.15) is 92.4 Å². The maximum Gasteiger partial charge on any atom is 0.187 e. The molecule has 24 atom stereocenters. The van der Waals surface area contributed by atoms with E-state index in [1.807, 2.05) is 0 Å². The van der Waals surface area contributed by atoms with Crippen LogP contribution in [-0.4, -0.2) is 165 Å². The van der Waals surface area contributed by atoms with Crippen LogP contribution < -0.4 is 0 Å². The van der Waals surface area contributed by atoms with Crippen LogP contribution in [0.4, 0.5) is 0 Å². The maximum atomic E-state index is 11.5. The molecule has 5 aliphatic heterocycles. The van der Waals surface area contributed by atoms with E-state index in [0.29, 0.717) is 48.3 Å². The van der Waals surface area contributed by atoms with Crippen LogP contribution >= 0.6 is 0 Å². The Labute approximate surface area is 352 Å². The molecule has 5 saturated heterocycles. The second-order valence-corrected chi connectivity index (χ2v) is 20.8. The van der Waals surface area contributed by atoms with Gasteiger partial charge in [0.05, 0.1) is 44.7 Å². The van der Waals surface area contributed by atoms with Crippen molar-refractivity contribution in [3.63, 3.8) is 0 Å². The highest BCUT2D eigenvalue weighted by Crippen LogP contribution is 2.70. The first-order valence-electron chi connectivity index (χ1n) is 22.7. The summed E-state index contributed by atoms with van der Waals surface area (Å²) in [5.41, 5.74) is -0.517. The summed E-state index contributed by atoms with van der Waals surface area (Å²) >= 11 is 0. The van der Waals surface area contributed by atoms with E-state index >= 15 is 0 Å². The highest BCUT2D eigenvalue weighted by Gasteiger charge is 2.69. The second-order valence-electron chi connectivity index (χ2n) is 20.8. The van der Waals surface area contributed by atoms with E-state index in [1.54, 1.807) is 0 Å². The van der Waals surface area contributed by atoms with Gasteiger partial charge in [-0.05, 0) is 98.7 Å². The summed E-state index contributed by atoms with van der Waals surface area (Å²) in [5, 5.41) is 85.2. The van der Waals surface area contributed by atoms with Crippen molar-refractivity contribution in [2.24, 2.45) is 46.3 Å². The molecule has 0 radical (unpaired) electrons. The molecule has 1 spiro atoms. The summed E-state index contributed by atoms with van der Waals surface area (Å²) in [6.45, 7) is 9.96. The number of hydrogen-bond donors (Lipinski definition) is 8. The Morgan fingerprint density at radius 2 is 1.57 bits per heavy atom. The van der Waals surface area contributed by atoms with Crippen LogP contribution in [0, 0.1) is 46.3 Å². The van der Waals surface area contributed by atoms with Gasteiger partial charge < -0.3 is 78.7 Å². The number of hydrogen-bond acceptors (Lipinski definition) is 16. The van der Waals surface area contributed by atoms with Gasteiger partial charge in [0.1, 0.15) is 54.4 Å². The molecule has 4 aliphatic carbocycles. The number of aliphatic hydroxyl groups is 8. The van der Waals surface area contributed by atoms with Gasteiger partial charge in [-0.3, -0.25) is 0 Å². The largest absolute Gasteiger partial charge is 0.394 e. The Hall–Kier alpha value is -0.900. The normalized spacial score (nSPS) is 57.7. The predicted octanol–water partition coefficient (Wildman–Crippen LogP) is 0.855. The Morgan fingerprint density at radius 3 is 2.27 bits per heavy atom. The lowest BCUT2D eigenvalue weighted by Gasteiger charge is -2.58. The van der Waals surface area contributed by atoms with E-state index in [9.17, 15) is 40.9 Å². The third kappa shape index (κ3) is 7.01. The predicted molar refractivity (Wildman–Crippen MR) is 208 cm³/mol. The van der Waals surface area contributed by atoms with Crippen molar-refractivity contribution >= 4 is 0 Å². The third-order valence-corrected chi connectivity index (χ3v) is 17.4. The summed E-state index contributed by atoms with van der Waals surface area (Å²) in [6, 6.07) is 0. The lowest BCUT2D eigenvalue weighted by Crippen LogP contribution is -2.65. The summed E-state index contributed by atoms with van der Waals surface area (Å²) in [4.78, 5) is 0. The molecule has 16 nitrogen and oxygen atoms in total. The molecule has 342 valence electrons. The molecule has 16 heteroatoms. The lowest BCUT2D eigenvalue weighted by molar-refractivity contribution is -0.382. The molecule has 9 rings (SSSR count). The van der Waals surface area contributed by atoms with Gasteiger partial charge in [0.15, 0.2) is 24.7 Å². The Balaban J connectivity index is 0.933. The molecule has 8 N–H and O–H groups in total. The van der Waals surface area contributed by atoms with Gasteiger partial charge in [-0.2, -0.15) is 0 Å². The number of allylic oxidation sites excluding steroid dienone is 1.